The highest BCUT2D eigenvalue weighted by Crippen LogP contribution is 2.25. The van der Waals surface area contributed by atoms with Crippen LogP contribution in [0.25, 0.3) is 11.0 Å². The van der Waals surface area contributed by atoms with Crippen LogP contribution in [-0.2, 0) is 21.4 Å². The van der Waals surface area contributed by atoms with Crippen molar-refractivity contribution in [2.24, 2.45) is 5.92 Å². The molecule has 1 saturated heterocycles. The number of para-hydroxylation sites is 1. The van der Waals surface area contributed by atoms with Gasteiger partial charge in [-0.25, -0.2) is 13.2 Å². The van der Waals surface area contributed by atoms with Crippen molar-refractivity contribution in [2.45, 2.75) is 31.3 Å². The predicted molar refractivity (Wildman–Crippen MR) is 90.4 cm³/mol. The van der Waals surface area contributed by atoms with Crippen molar-refractivity contribution in [2.75, 3.05) is 20.2 Å². The summed E-state index contributed by atoms with van der Waals surface area (Å²) in [7, 11) is -2.30. The SMILES string of the molecule is COCc1cccc2cc(S(=O)(=O)N3CCCC(C)C3)c(=O)oc12. The molecule has 6 nitrogen and oxygen atoms in total. The van der Waals surface area contributed by atoms with Gasteiger partial charge in [-0.2, -0.15) is 4.31 Å². The molecule has 0 saturated carbocycles. The molecule has 0 bridgehead atoms. The molecule has 1 aromatic heterocycles. The van der Waals surface area contributed by atoms with E-state index in [9.17, 15) is 13.2 Å². The van der Waals surface area contributed by atoms with Crippen LogP contribution in [0, 0.1) is 5.92 Å². The Morgan fingerprint density at radius 1 is 1.38 bits per heavy atom. The zero-order valence-electron chi connectivity index (χ0n) is 13.8. The fourth-order valence-electron chi connectivity index (χ4n) is 3.14. The number of rotatable bonds is 4. The van der Waals surface area contributed by atoms with Crippen LogP contribution in [0.4, 0.5) is 0 Å². The average molecular weight is 351 g/mol. The van der Waals surface area contributed by atoms with Gasteiger partial charge in [0.25, 0.3) is 0 Å². The number of nitrogens with zero attached hydrogens (tertiary/aromatic N) is 1. The first-order valence-electron chi connectivity index (χ1n) is 7.98. The minimum absolute atomic E-state index is 0.286. The number of piperidine rings is 1. The van der Waals surface area contributed by atoms with E-state index in [0.717, 1.165) is 12.8 Å². The van der Waals surface area contributed by atoms with E-state index >= 15 is 0 Å². The standard InChI is InChI=1S/C17H21NO5S/c1-12-5-4-8-18(10-12)24(20,21)15-9-13-6-3-7-14(11-22-2)16(13)23-17(15)19/h3,6-7,9,12H,4-5,8,10-11H2,1-2H3. The Bertz CT molecular complexity index is 903. The Kier molecular flexibility index (Phi) is 4.76. The molecule has 2 aromatic rings. The lowest BCUT2D eigenvalue weighted by atomic mass is 10.0. The van der Waals surface area contributed by atoms with Gasteiger partial charge in [0.2, 0.25) is 10.0 Å². The van der Waals surface area contributed by atoms with Gasteiger partial charge in [0, 0.05) is 31.1 Å². The molecule has 0 spiro atoms. The number of sulfonamides is 1. The van der Waals surface area contributed by atoms with E-state index in [1.54, 1.807) is 25.3 Å². The molecule has 24 heavy (non-hydrogen) atoms. The molecule has 1 fully saturated rings. The van der Waals surface area contributed by atoms with Crippen LogP contribution >= 0.6 is 0 Å². The summed E-state index contributed by atoms with van der Waals surface area (Å²) in [5.41, 5.74) is 0.252. The Morgan fingerprint density at radius 2 is 2.17 bits per heavy atom. The molecule has 1 aromatic carbocycles. The summed E-state index contributed by atoms with van der Waals surface area (Å²) in [6.45, 7) is 3.18. The highest BCUT2D eigenvalue weighted by molar-refractivity contribution is 7.89. The average Bonchev–Trinajstić information content (AvgIpc) is 2.55. The number of methoxy groups -OCH3 is 1. The maximum Gasteiger partial charge on any atom is 0.356 e. The number of fused-ring (bicyclic) bond motifs is 1. The van der Waals surface area contributed by atoms with Crippen molar-refractivity contribution in [1.29, 1.82) is 0 Å². The van der Waals surface area contributed by atoms with E-state index in [4.69, 9.17) is 9.15 Å². The van der Waals surface area contributed by atoms with Gasteiger partial charge in [-0.1, -0.05) is 25.1 Å². The molecule has 2 heterocycles. The highest BCUT2D eigenvalue weighted by atomic mass is 32.2. The minimum atomic E-state index is -3.85. The number of hydrogen-bond donors (Lipinski definition) is 0. The van der Waals surface area contributed by atoms with Crippen LogP contribution in [-0.4, -0.2) is 32.9 Å². The van der Waals surface area contributed by atoms with Crippen molar-refractivity contribution in [1.82, 2.24) is 4.31 Å². The third-order valence-corrected chi connectivity index (χ3v) is 6.20. The predicted octanol–water partition coefficient (Wildman–Crippen LogP) is 2.36. The minimum Gasteiger partial charge on any atom is -0.421 e. The quantitative estimate of drug-likeness (QED) is 0.790. The van der Waals surface area contributed by atoms with Gasteiger partial charge >= 0.3 is 5.63 Å². The fraction of sp³-hybridized carbons (Fsp3) is 0.471. The van der Waals surface area contributed by atoms with Crippen LogP contribution in [0.3, 0.4) is 0 Å². The van der Waals surface area contributed by atoms with E-state index in [2.05, 4.69) is 0 Å². The maximum atomic E-state index is 12.8. The Labute approximate surface area is 141 Å². The number of ether oxygens (including phenoxy) is 1. The van der Waals surface area contributed by atoms with E-state index in [0.29, 0.717) is 29.6 Å². The molecule has 130 valence electrons. The second-order valence-corrected chi connectivity index (χ2v) is 8.18. The van der Waals surface area contributed by atoms with Gasteiger partial charge in [-0.3, -0.25) is 0 Å². The summed E-state index contributed by atoms with van der Waals surface area (Å²) in [6, 6.07) is 6.72. The first-order valence-corrected chi connectivity index (χ1v) is 9.42. The smallest absolute Gasteiger partial charge is 0.356 e. The van der Waals surface area contributed by atoms with Crippen molar-refractivity contribution in [3.05, 3.63) is 40.2 Å². The molecule has 0 N–H and O–H groups in total. The van der Waals surface area contributed by atoms with Gasteiger partial charge in [0.05, 0.1) is 6.61 Å². The zero-order valence-corrected chi connectivity index (χ0v) is 14.6. The van der Waals surface area contributed by atoms with E-state index in [1.165, 1.54) is 10.4 Å². The summed E-state index contributed by atoms with van der Waals surface area (Å²) in [4.78, 5) is 12.1. The Balaban J connectivity index is 2.10. The van der Waals surface area contributed by atoms with Gasteiger partial charge in [-0.05, 0) is 24.8 Å². The van der Waals surface area contributed by atoms with Crippen LogP contribution < -0.4 is 5.63 Å². The lowest BCUT2D eigenvalue weighted by Gasteiger charge is -2.29. The number of hydrogen-bond acceptors (Lipinski definition) is 5. The molecule has 0 aliphatic carbocycles. The first-order chi connectivity index (χ1) is 11.4. The van der Waals surface area contributed by atoms with Crippen LogP contribution in [0.5, 0.6) is 0 Å². The van der Waals surface area contributed by atoms with Gasteiger partial charge in [0.1, 0.15) is 5.58 Å². The maximum absolute atomic E-state index is 12.8. The Morgan fingerprint density at radius 3 is 2.88 bits per heavy atom. The molecule has 1 unspecified atom stereocenters. The largest absolute Gasteiger partial charge is 0.421 e. The molecule has 0 radical (unpaired) electrons. The summed E-state index contributed by atoms with van der Waals surface area (Å²) in [6.07, 6.45) is 1.80. The second-order valence-electron chi connectivity index (χ2n) is 6.28. The lowest BCUT2D eigenvalue weighted by molar-refractivity contribution is 0.185. The number of benzene rings is 1. The van der Waals surface area contributed by atoms with Crippen molar-refractivity contribution < 1.29 is 17.6 Å². The van der Waals surface area contributed by atoms with E-state index < -0.39 is 15.6 Å². The van der Waals surface area contributed by atoms with Crippen molar-refractivity contribution in [3.63, 3.8) is 0 Å². The van der Waals surface area contributed by atoms with Gasteiger partial charge < -0.3 is 9.15 Å². The third kappa shape index (κ3) is 3.11. The second kappa shape index (κ2) is 6.66. The summed E-state index contributed by atoms with van der Waals surface area (Å²) >= 11 is 0. The molecule has 7 heteroatoms. The van der Waals surface area contributed by atoms with Crippen LogP contribution in [0.2, 0.25) is 0 Å². The summed E-state index contributed by atoms with van der Waals surface area (Å²) in [5, 5.41) is 0.577. The van der Waals surface area contributed by atoms with Crippen molar-refractivity contribution in [3.8, 4) is 0 Å². The van der Waals surface area contributed by atoms with Crippen LogP contribution in [0.15, 0.2) is 38.4 Å². The molecule has 1 atom stereocenters. The first kappa shape index (κ1) is 17.1. The molecular formula is C17H21NO5S. The molecule has 1 aliphatic rings. The molecule has 1 aliphatic heterocycles. The van der Waals surface area contributed by atoms with Crippen LogP contribution in [0.1, 0.15) is 25.3 Å². The Hall–Kier alpha value is -1.70. The molecule has 3 rings (SSSR count). The van der Waals surface area contributed by atoms with Crippen molar-refractivity contribution >= 4 is 21.0 Å². The van der Waals surface area contributed by atoms with E-state index in [1.807, 2.05) is 6.92 Å². The zero-order chi connectivity index (χ0) is 17.3. The molecular weight excluding hydrogens is 330 g/mol. The summed E-state index contributed by atoms with van der Waals surface area (Å²) in [5.74, 6) is 0.286. The third-order valence-electron chi connectivity index (χ3n) is 4.35. The van der Waals surface area contributed by atoms with Gasteiger partial charge in [0.15, 0.2) is 4.90 Å². The highest BCUT2D eigenvalue weighted by Gasteiger charge is 2.31. The monoisotopic (exact) mass is 351 g/mol. The molecule has 0 amide bonds. The summed E-state index contributed by atoms with van der Waals surface area (Å²) < 4.78 is 37.5. The van der Waals surface area contributed by atoms with E-state index in [-0.39, 0.29) is 17.4 Å². The lowest BCUT2D eigenvalue weighted by Crippen LogP contribution is -2.40. The topological polar surface area (TPSA) is 76.8 Å². The fourth-order valence-corrected chi connectivity index (χ4v) is 4.77. The normalized spacial score (nSPS) is 19.7. The van der Waals surface area contributed by atoms with Gasteiger partial charge in [-0.15, -0.1) is 0 Å².